The van der Waals surface area contributed by atoms with E-state index < -0.39 is 12.6 Å². The third-order valence-corrected chi connectivity index (χ3v) is 5.65. The molecule has 1 N–H and O–H groups in total. The van der Waals surface area contributed by atoms with Crippen LogP contribution in [-0.4, -0.2) is 17.7 Å². The Kier molecular flexibility index (Phi) is 14.3. The van der Waals surface area contributed by atoms with Crippen LogP contribution in [-0.2, 0) is 11.2 Å². The third-order valence-electron chi connectivity index (χ3n) is 5.00. The summed E-state index contributed by atoms with van der Waals surface area (Å²) in [6.07, 6.45) is 18.1. The van der Waals surface area contributed by atoms with Gasteiger partial charge in [-0.2, -0.15) is 0 Å². The van der Waals surface area contributed by atoms with Crippen LogP contribution in [0.15, 0.2) is 12.1 Å². The molecule has 0 unspecified atom stereocenters. The summed E-state index contributed by atoms with van der Waals surface area (Å²) >= 11 is 12.3. The molecule has 0 saturated carbocycles. The van der Waals surface area contributed by atoms with Crippen LogP contribution in [0.5, 0.6) is 5.75 Å². The van der Waals surface area contributed by atoms with Crippen molar-refractivity contribution in [2.75, 3.05) is 6.61 Å². The van der Waals surface area contributed by atoms with Crippen LogP contribution < -0.4 is 4.74 Å². The maximum atomic E-state index is 10.7. The van der Waals surface area contributed by atoms with Crippen molar-refractivity contribution in [3.05, 3.63) is 27.7 Å². The van der Waals surface area contributed by atoms with Crippen LogP contribution in [0, 0.1) is 0 Å². The average Bonchev–Trinajstić information content (AvgIpc) is 2.66. The van der Waals surface area contributed by atoms with Crippen LogP contribution >= 0.6 is 23.2 Å². The highest BCUT2D eigenvalue weighted by molar-refractivity contribution is 6.36. The SMILES string of the molecule is CCCCCCCCCCCCCCCc1cc(OCC(=O)O)c(Cl)cc1Cl. The molecular weight excluding hydrogens is 395 g/mol. The van der Waals surface area contributed by atoms with Gasteiger partial charge in [0, 0.05) is 5.02 Å². The van der Waals surface area contributed by atoms with Crippen molar-refractivity contribution in [2.45, 2.75) is 96.8 Å². The van der Waals surface area contributed by atoms with Crippen LogP contribution in [0.4, 0.5) is 0 Å². The highest BCUT2D eigenvalue weighted by atomic mass is 35.5. The topological polar surface area (TPSA) is 46.5 Å². The lowest BCUT2D eigenvalue weighted by molar-refractivity contribution is -0.139. The van der Waals surface area contributed by atoms with Gasteiger partial charge in [0.1, 0.15) is 5.75 Å². The van der Waals surface area contributed by atoms with Crippen LogP contribution in [0.1, 0.15) is 96.0 Å². The summed E-state index contributed by atoms with van der Waals surface area (Å²) in [7, 11) is 0. The Hall–Kier alpha value is -0.930. The Bertz CT molecular complexity index is 561. The number of carboxylic acid groups (broad SMARTS) is 1. The highest BCUT2D eigenvalue weighted by Crippen LogP contribution is 2.32. The highest BCUT2D eigenvalue weighted by Gasteiger charge is 2.10. The van der Waals surface area contributed by atoms with E-state index in [0.717, 1.165) is 18.4 Å². The lowest BCUT2D eigenvalue weighted by Crippen LogP contribution is -2.09. The van der Waals surface area contributed by atoms with Crippen molar-refractivity contribution < 1.29 is 14.6 Å². The van der Waals surface area contributed by atoms with E-state index in [4.69, 9.17) is 33.0 Å². The smallest absolute Gasteiger partial charge is 0.341 e. The molecule has 0 heterocycles. The van der Waals surface area contributed by atoms with Gasteiger partial charge in [-0.05, 0) is 30.5 Å². The number of aryl methyl sites for hydroxylation is 1. The van der Waals surface area contributed by atoms with E-state index >= 15 is 0 Å². The summed E-state index contributed by atoms with van der Waals surface area (Å²) in [5.41, 5.74) is 0.967. The zero-order valence-corrected chi connectivity index (χ0v) is 18.8. The molecule has 3 nitrogen and oxygen atoms in total. The largest absolute Gasteiger partial charge is 0.480 e. The Morgan fingerprint density at radius 2 is 1.32 bits per heavy atom. The van der Waals surface area contributed by atoms with Crippen molar-refractivity contribution >= 4 is 29.2 Å². The predicted molar refractivity (Wildman–Crippen MR) is 119 cm³/mol. The first-order valence-electron chi connectivity index (χ1n) is 10.9. The molecule has 0 aromatic heterocycles. The minimum absolute atomic E-state index is 0.348. The second-order valence-corrected chi connectivity index (χ2v) is 8.36. The molecule has 1 aromatic carbocycles. The Morgan fingerprint density at radius 1 is 0.821 bits per heavy atom. The predicted octanol–water partition coefficient (Wildman–Crippen LogP) is 8.09. The number of halogens is 2. The van der Waals surface area contributed by atoms with Gasteiger partial charge in [0.05, 0.1) is 5.02 Å². The molecule has 0 aliphatic rings. The molecule has 0 saturated heterocycles. The average molecular weight is 431 g/mol. The molecule has 28 heavy (non-hydrogen) atoms. The molecule has 0 aliphatic carbocycles. The van der Waals surface area contributed by atoms with Gasteiger partial charge in [-0.1, -0.05) is 107 Å². The van der Waals surface area contributed by atoms with Gasteiger partial charge in [0.15, 0.2) is 6.61 Å². The van der Waals surface area contributed by atoms with E-state index in [2.05, 4.69) is 6.92 Å². The molecule has 1 rings (SSSR count). The second-order valence-electron chi connectivity index (χ2n) is 7.55. The molecule has 0 atom stereocenters. The molecule has 0 amide bonds. The number of carbonyl (C=O) groups is 1. The van der Waals surface area contributed by atoms with E-state index in [1.54, 1.807) is 12.1 Å². The molecule has 0 aliphatic heterocycles. The van der Waals surface area contributed by atoms with Crippen molar-refractivity contribution in [3.63, 3.8) is 0 Å². The number of rotatable bonds is 17. The number of hydrogen-bond donors (Lipinski definition) is 1. The van der Waals surface area contributed by atoms with Gasteiger partial charge in [-0.25, -0.2) is 4.79 Å². The summed E-state index contributed by atoms with van der Waals surface area (Å²) in [6, 6.07) is 3.41. The van der Waals surface area contributed by atoms with Crippen molar-refractivity contribution in [2.24, 2.45) is 0 Å². The van der Waals surface area contributed by atoms with Crippen LogP contribution in [0.25, 0.3) is 0 Å². The molecule has 0 radical (unpaired) electrons. The second kappa shape index (κ2) is 15.9. The minimum atomic E-state index is -1.02. The number of carboxylic acids is 1. The van der Waals surface area contributed by atoms with E-state index in [1.807, 2.05) is 0 Å². The zero-order valence-electron chi connectivity index (χ0n) is 17.3. The van der Waals surface area contributed by atoms with Gasteiger partial charge in [-0.15, -0.1) is 0 Å². The van der Waals surface area contributed by atoms with Gasteiger partial charge in [0.25, 0.3) is 0 Å². The molecular formula is C23H36Cl2O3. The van der Waals surface area contributed by atoms with Crippen molar-refractivity contribution in [1.29, 1.82) is 0 Å². The van der Waals surface area contributed by atoms with E-state index in [1.165, 1.54) is 77.0 Å². The van der Waals surface area contributed by atoms with Crippen molar-refractivity contribution in [3.8, 4) is 5.75 Å². The molecule has 5 heteroatoms. The Morgan fingerprint density at radius 3 is 1.82 bits per heavy atom. The Labute approximate surface area is 180 Å². The summed E-state index contributed by atoms with van der Waals surface area (Å²) in [6.45, 7) is 1.86. The number of unbranched alkanes of at least 4 members (excludes halogenated alkanes) is 12. The number of benzene rings is 1. The summed E-state index contributed by atoms with van der Waals surface area (Å²) in [5.74, 6) is -0.637. The first-order chi connectivity index (χ1) is 13.5. The van der Waals surface area contributed by atoms with E-state index in [0.29, 0.717) is 15.8 Å². The summed E-state index contributed by atoms with van der Waals surface area (Å²) in [5, 5.41) is 9.70. The van der Waals surface area contributed by atoms with E-state index in [-0.39, 0.29) is 0 Å². The number of aliphatic carboxylic acids is 1. The first kappa shape index (κ1) is 25.1. The Balaban J connectivity index is 2.11. The standard InChI is InChI=1S/C23H36Cl2O3/c1-2-3-4-5-6-7-8-9-10-11-12-13-14-15-19-16-22(28-18-23(26)27)21(25)17-20(19)24/h16-17H,2-15,18H2,1H3,(H,26,27). The fourth-order valence-corrected chi connectivity index (χ4v) is 3.88. The molecule has 0 fully saturated rings. The van der Waals surface area contributed by atoms with Gasteiger partial charge < -0.3 is 9.84 Å². The van der Waals surface area contributed by atoms with E-state index in [9.17, 15) is 4.79 Å². The molecule has 0 spiro atoms. The molecule has 0 bridgehead atoms. The summed E-state index contributed by atoms with van der Waals surface area (Å²) in [4.78, 5) is 10.7. The lowest BCUT2D eigenvalue weighted by Gasteiger charge is -2.10. The maximum Gasteiger partial charge on any atom is 0.341 e. The normalized spacial score (nSPS) is 11.0. The monoisotopic (exact) mass is 430 g/mol. The number of ether oxygens (including phenoxy) is 1. The maximum absolute atomic E-state index is 10.7. The first-order valence-corrected chi connectivity index (χ1v) is 11.6. The van der Waals surface area contributed by atoms with Crippen LogP contribution in [0.2, 0.25) is 10.0 Å². The fourth-order valence-electron chi connectivity index (χ4n) is 3.35. The minimum Gasteiger partial charge on any atom is -0.480 e. The summed E-state index contributed by atoms with van der Waals surface area (Å²) < 4.78 is 5.22. The fraction of sp³-hybridized carbons (Fsp3) is 0.696. The van der Waals surface area contributed by atoms with Gasteiger partial charge >= 0.3 is 5.97 Å². The quantitative estimate of drug-likeness (QED) is 0.254. The molecule has 160 valence electrons. The number of hydrogen-bond acceptors (Lipinski definition) is 2. The van der Waals surface area contributed by atoms with Gasteiger partial charge in [0.2, 0.25) is 0 Å². The zero-order chi connectivity index (χ0) is 20.6. The van der Waals surface area contributed by atoms with Crippen molar-refractivity contribution in [1.82, 2.24) is 0 Å². The molecule has 1 aromatic rings. The van der Waals surface area contributed by atoms with Gasteiger partial charge in [-0.3, -0.25) is 0 Å². The third kappa shape index (κ3) is 11.8. The lowest BCUT2D eigenvalue weighted by atomic mass is 10.0. The van der Waals surface area contributed by atoms with Crippen LogP contribution in [0.3, 0.4) is 0 Å².